The number of methoxy groups -OCH3 is 1. The lowest BCUT2D eigenvalue weighted by Gasteiger charge is -2.27. The number of carbonyl (C=O) groups excluding carboxylic acids is 1. The van der Waals surface area contributed by atoms with Crippen molar-refractivity contribution in [2.45, 2.75) is 58.2 Å². The smallest absolute Gasteiger partial charge is 0.410 e. The van der Waals surface area contributed by atoms with Crippen molar-refractivity contribution < 1.29 is 14.3 Å². The lowest BCUT2D eigenvalue weighted by atomic mass is 10.2. The van der Waals surface area contributed by atoms with Crippen LogP contribution < -0.4 is 11.1 Å². The molecule has 1 unspecified atom stereocenters. The first-order chi connectivity index (χ1) is 10.2. The number of hydrogen-bond donors (Lipinski definition) is 2. The zero-order valence-electron chi connectivity index (χ0n) is 14.4. The van der Waals surface area contributed by atoms with E-state index in [1.54, 1.807) is 12.0 Å². The number of aliphatic imine (C=N–C) groups is 1. The summed E-state index contributed by atoms with van der Waals surface area (Å²) in [7, 11) is 1.64. The maximum atomic E-state index is 12.2. The Morgan fingerprint density at radius 2 is 2.09 bits per heavy atom. The Labute approximate surface area is 133 Å². The molecule has 0 aliphatic heterocycles. The lowest BCUT2D eigenvalue weighted by molar-refractivity contribution is 0.0240. The maximum absolute atomic E-state index is 12.2. The van der Waals surface area contributed by atoms with Crippen LogP contribution in [0.25, 0.3) is 0 Å². The summed E-state index contributed by atoms with van der Waals surface area (Å²) < 4.78 is 10.5. The summed E-state index contributed by atoms with van der Waals surface area (Å²) in [4.78, 5) is 18.2. The van der Waals surface area contributed by atoms with Gasteiger partial charge in [-0.3, -0.25) is 4.99 Å². The fourth-order valence-electron chi connectivity index (χ4n) is 2.00. The van der Waals surface area contributed by atoms with Crippen LogP contribution in [-0.2, 0) is 9.47 Å². The van der Waals surface area contributed by atoms with Gasteiger partial charge in [0, 0.05) is 25.7 Å². The molecule has 0 spiro atoms. The van der Waals surface area contributed by atoms with Crippen molar-refractivity contribution in [1.82, 2.24) is 10.2 Å². The van der Waals surface area contributed by atoms with Crippen molar-refractivity contribution in [3.8, 4) is 0 Å². The average molecular weight is 314 g/mol. The molecule has 1 saturated carbocycles. The Kier molecular flexibility index (Phi) is 6.93. The van der Waals surface area contributed by atoms with Gasteiger partial charge in [-0.25, -0.2) is 4.79 Å². The summed E-state index contributed by atoms with van der Waals surface area (Å²) >= 11 is 0. The quantitative estimate of drug-likeness (QED) is 0.546. The molecule has 3 N–H and O–H groups in total. The Hall–Kier alpha value is -1.50. The molecule has 1 aliphatic rings. The molecule has 1 atom stereocenters. The first kappa shape index (κ1) is 18.5. The molecule has 0 aromatic carbocycles. The fraction of sp³-hybridized carbons (Fsp3) is 0.867. The number of nitrogens with two attached hydrogens (primary N) is 1. The van der Waals surface area contributed by atoms with Crippen LogP contribution in [0.5, 0.6) is 0 Å². The number of carbonyl (C=O) groups is 1. The molecule has 22 heavy (non-hydrogen) atoms. The molecule has 0 saturated heterocycles. The van der Waals surface area contributed by atoms with E-state index >= 15 is 0 Å². The second kappa shape index (κ2) is 8.22. The van der Waals surface area contributed by atoms with E-state index in [1.165, 1.54) is 0 Å². The molecule has 1 amide bonds. The molecule has 128 valence electrons. The molecule has 0 aromatic heterocycles. The van der Waals surface area contributed by atoms with Crippen LogP contribution in [0.2, 0.25) is 0 Å². The van der Waals surface area contributed by atoms with Crippen molar-refractivity contribution in [3.63, 3.8) is 0 Å². The van der Waals surface area contributed by atoms with Crippen LogP contribution in [0.1, 0.15) is 40.5 Å². The van der Waals surface area contributed by atoms with Crippen LogP contribution in [0.4, 0.5) is 4.79 Å². The largest absolute Gasteiger partial charge is 0.444 e. The SMILES string of the molecule is COCC(C)NC(N)=NCCN(C(=O)OC(C)(C)C)C1CC1. The van der Waals surface area contributed by atoms with E-state index in [0.717, 1.165) is 12.8 Å². The third-order valence-corrected chi connectivity index (χ3v) is 3.05. The zero-order chi connectivity index (χ0) is 16.8. The highest BCUT2D eigenvalue weighted by molar-refractivity contribution is 5.78. The molecule has 7 nitrogen and oxygen atoms in total. The Balaban J connectivity index is 2.43. The van der Waals surface area contributed by atoms with Gasteiger partial charge in [0.05, 0.1) is 13.2 Å². The molecule has 7 heteroatoms. The van der Waals surface area contributed by atoms with E-state index in [0.29, 0.717) is 25.7 Å². The van der Waals surface area contributed by atoms with E-state index in [9.17, 15) is 4.79 Å². The van der Waals surface area contributed by atoms with Gasteiger partial charge in [0.15, 0.2) is 5.96 Å². The molecular weight excluding hydrogens is 284 g/mol. The standard InChI is InChI=1S/C15H30N4O3/c1-11(10-21-5)18-13(16)17-8-9-19(12-6-7-12)14(20)22-15(2,3)4/h11-12H,6-10H2,1-5H3,(H3,16,17,18). The monoisotopic (exact) mass is 314 g/mol. The van der Waals surface area contributed by atoms with Crippen LogP contribution in [-0.4, -0.2) is 61.4 Å². The first-order valence-corrected chi connectivity index (χ1v) is 7.78. The van der Waals surface area contributed by atoms with Gasteiger partial charge >= 0.3 is 6.09 Å². The van der Waals surface area contributed by atoms with Gasteiger partial charge in [0.1, 0.15) is 5.60 Å². The highest BCUT2D eigenvalue weighted by Crippen LogP contribution is 2.28. The highest BCUT2D eigenvalue weighted by atomic mass is 16.6. The van der Waals surface area contributed by atoms with E-state index in [4.69, 9.17) is 15.2 Å². The second-order valence-corrected chi connectivity index (χ2v) is 6.67. The summed E-state index contributed by atoms with van der Waals surface area (Å²) in [6.45, 7) is 9.09. The van der Waals surface area contributed by atoms with Gasteiger partial charge in [-0.15, -0.1) is 0 Å². The molecule has 0 radical (unpaired) electrons. The number of nitrogens with zero attached hydrogens (tertiary/aromatic N) is 2. The summed E-state index contributed by atoms with van der Waals surface area (Å²) in [5.41, 5.74) is 5.33. The molecule has 1 aliphatic carbocycles. The average Bonchev–Trinajstić information content (AvgIpc) is 3.16. The molecular formula is C15H30N4O3. The molecule has 0 bridgehead atoms. The lowest BCUT2D eigenvalue weighted by Crippen LogP contribution is -2.42. The maximum Gasteiger partial charge on any atom is 0.410 e. The van der Waals surface area contributed by atoms with E-state index < -0.39 is 5.60 Å². The normalized spacial score (nSPS) is 17.0. The van der Waals surface area contributed by atoms with Gasteiger partial charge in [-0.05, 0) is 40.5 Å². The highest BCUT2D eigenvalue weighted by Gasteiger charge is 2.34. The van der Waals surface area contributed by atoms with E-state index in [-0.39, 0.29) is 18.2 Å². The number of amides is 1. The van der Waals surface area contributed by atoms with Crippen LogP contribution >= 0.6 is 0 Å². The zero-order valence-corrected chi connectivity index (χ0v) is 14.4. The first-order valence-electron chi connectivity index (χ1n) is 7.78. The Morgan fingerprint density at radius 1 is 1.45 bits per heavy atom. The summed E-state index contributed by atoms with van der Waals surface area (Å²) in [6, 6.07) is 0.380. The summed E-state index contributed by atoms with van der Waals surface area (Å²) in [5, 5.41) is 3.03. The number of hydrogen-bond acceptors (Lipinski definition) is 4. The van der Waals surface area contributed by atoms with Gasteiger partial charge in [-0.2, -0.15) is 0 Å². The predicted molar refractivity (Wildman–Crippen MR) is 86.9 cm³/mol. The van der Waals surface area contributed by atoms with Gasteiger partial charge in [-0.1, -0.05) is 0 Å². The minimum Gasteiger partial charge on any atom is -0.444 e. The van der Waals surface area contributed by atoms with Crippen LogP contribution in [0.3, 0.4) is 0 Å². The molecule has 0 heterocycles. The van der Waals surface area contributed by atoms with Crippen LogP contribution in [0.15, 0.2) is 4.99 Å². The van der Waals surface area contributed by atoms with Crippen molar-refractivity contribution in [3.05, 3.63) is 0 Å². The van der Waals surface area contributed by atoms with Crippen molar-refractivity contribution in [2.75, 3.05) is 26.8 Å². The third-order valence-electron chi connectivity index (χ3n) is 3.05. The van der Waals surface area contributed by atoms with Crippen molar-refractivity contribution in [1.29, 1.82) is 0 Å². The summed E-state index contributed by atoms with van der Waals surface area (Å²) in [6.07, 6.45) is 1.79. The topological polar surface area (TPSA) is 89.2 Å². The van der Waals surface area contributed by atoms with Crippen LogP contribution in [0, 0.1) is 0 Å². The van der Waals surface area contributed by atoms with Gasteiger partial charge in [0.2, 0.25) is 0 Å². The predicted octanol–water partition coefficient (Wildman–Crippen LogP) is 1.33. The Bertz CT molecular complexity index is 389. The minimum atomic E-state index is -0.482. The second-order valence-electron chi connectivity index (χ2n) is 6.67. The van der Waals surface area contributed by atoms with Crippen molar-refractivity contribution >= 4 is 12.1 Å². The minimum absolute atomic E-state index is 0.0964. The number of ether oxygens (including phenoxy) is 2. The molecule has 1 rings (SSSR count). The molecule has 1 fully saturated rings. The van der Waals surface area contributed by atoms with E-state index in [1.807, 2.05) is 27.7 Å². The molecule has 0 aromatic rings. The van der Waals surface area contributed by atoms with E-state index in [2.05, 4.69) is 10.3 Å². The van der Waals surface area contributed by atoms with Gasteiger partial charge in [0.25, 0.3) is 0 Å². The van der Waals surface area contributed by atoms with Crippen molar-refractivity contribution in [2.24, 2.45) is 10.7 Å². The number of nitrogens with one attached hydrogen (secondary N) is 1. The number of guanidine groups is 1. The summed E-state index contributed by atoms with van der Waals surface area (Å²) in [5.74, 6) is 0.365. The third kappa shape index (κ3) is 7.49. The fourth-order valence-corrected chi connectivity index (χ4v) is 2.00. The Morgan fingerprint density at radius 3 is 2.59 bits per heavy atom. The van der Waals surface area contributed by atoms with Gasteiger partial charge < -0.3 is 25.4 Å². The number of rotatable bonds is 7.